The molecule has 0 bridgehead atoms. The van der Waals surface area contributed by atoms with Gasteiger partial charge in [-0.2, -0.15) is 5.10 Å². The third-order valence-corrected chi connectivity index (χ3v) is 3.85. The minimum Gasteiger partial charge on any atom is -0.314 e. The van der Waals surface area contributed by atoms with Crippen LogP contribution in [0.2, 0.25) is 0 Å². The summed E-state index contributed by atoms with van der Waals surface area (Å²) in [7, 11) is 0. The smallest absolute Gasteiger partial charge is 0.0644 e. The number of rotatable bonds is 3. The highest BCUT2D eigenvalue weighted by Gasteiger charge is 2.23. The number of piperazine rings is 1. The predicted octanol–water partition coefficient (Wildman–Crippen LogP) is 1.49. The molecule has 0 aromatic carbocycles. The van der Waals surface area contributed by atoms with Gasteiger partial charge >= 0.3 is 0 Å². The van der Waals surface area contributed by atoms with Crippen molar-refractivity contribution in [3.05, 3.63) is 17.0 Å². The molecule has 1 aliphatic rings. The van der Waals surface area contributed by atoms with Crippen LogP contribution in [-0.2, 0) is 6.54 Å². The first kappa shape index (κ1) is 12.6. The Morgan fingerprint density at radius 1 is 1.29 bits per heavy atom. The van der Waals surface area contributed by atoms with Crippen LogP contribution in [0.15, 0.2) is 0 Å². The summed E-state index contributed by atoms with van der Waals surface area (Å²) in [6, 6.07) is 0.484. The number of hydrogen-bond donors (Lipinski definition) is 1. The van der Waals surface area contributed by atoms with E-state index in [1.165, 1.54) is 17.0 Å². The lowest BCUT2D eigenvalue weighted by Crippen LogP contribution is -2.44. The zero-order chi connectivity index (χ0) is 12.4. The normalized spacial score (nSPS) is 19.5. The van der Waals surface area contributed by atoms with Crippen LogP contribution in [0.25, 0.3) is 0 Å². The summed E-state index contributed by atoms with van der Waals surface area (Å²) in [4.78, 5) is 2.55. The van der Waals surface area contributed by atoms with E-state index in [2.05, 4.69) is 47.7 Å². The Bertz CT molecular complexity index is 377. The van der Waals surface area contributed by atoms with Crippen molar-refractivity contribution in [2.24, 2.45) is 0 Å². The van der Waals surface area contributed by atoms with Crippen molar-refractivity contribution < 1.29 is 0 Å². The quantitative estimate of drug-likeness (QED) is 0.863. The molecule has 0 radical (unpaired) electrons. The van der Waals surface area contributed by atoms with E-state index in [0.717, 1.165) is 32.7 Å². The fraction of sp³-hybridized carbons (Fsp3) is 0.769. The highest BCUT2D eigenvalue weighted by molar-refractivity contribution is 5.28. The zero-order valence-electron chi connectivity index (χ0n) is 11.5. The second-order valence-electron chi connectivity index (χ2n) is 4.86. The van der Waals surface area contributed by atoms with E-state index in [1.807, 2.05) is 0 Å². The second kappa shape index (κ2) is 5.19. The van der Waals surface area contributed by atoms with E-state index in [9.17, 15) is 0 Å². The van der Waals surface area contributed by atoms with Gasteiger partial charge in [0.05, 0.1) is 5.69 Å². The zero-order valence-corrected chi connectivity index (χ0v) is 11.5. The lowest BCUT2D eigenvalue weighted by atomic mass is 10.0. The van der Waals surface area contributed by atoms with E-state index in [-0.39, 0.29) is 0 Å². The van der Waals surface area contributed by atoms with Gasteiger partial charge in [-0.25, -0.2) is 0 Å². The van der Waals surface area contributed by atoms with Gasteiger partial charge in [0.25, 0.3) is 0 Å². The van der Waals surface area contributed by atoms with E-state index >= 15 is 0 Å². The highest BCUT2D eigenvalue weighted by atomic mass is 15.3. The van der Waals surface area contributed by atoms with Gasteiger partial charge in [0.1, 0.15) is 0 Å². The molecule has 0 amide bonds. The predicted molar refractivity (Wildman–Crippen MR) is 70.2 cm³/mol. The van der Waals surface area contributed by atoms with Gasteiger partial charge < -0.3 is 5.32 Å². The summed E-state index contributed by atoms with van der Waals surface area (Å²) in [5.74, 6) is 0. The van der Waals surface area contributed by atoms with E-state index < -0.39 is 0 Å². The first-order valence-corrected chi connectivity index (χ1v) is 6.63. The van der Waals surface area contributed by atoms with Crippen molar-refractivity contribution in [1.82, 2.24) is 20.0 Å². The monoisotopic (exact) mass is 236 g/mol. The molecule has 4 nitrogen and oxygen atoms in total. The van der Waals surface area contributed by atoms with E-state index in [1.54, 1.807) is 0 Å². The number of aryl methyl sites for hydroxylation is 2. The number of nitrogens with one attached hydrogen (secondary N) is 1. The van der Waals surface area contributed by atoms with E-state index in [0.29, 0.717) is 6.04 Å². The maximum Gasteiger partial charge on any atom is 0.0644 e. The van der Waals surface area contributed by atoms with E-state index in [4.69, 9.17) is 0 Å². The third kappa shape index (κ3) is 2.38. The molecule has 0 saturated carbocycles. The number of hydrogen-bond acceptors (Lipinski definition) is 3. The summed E-state index contributed by atoms with van der Waals surface area (Å²) in [5, 5.41) is 8.02. The maximum atomic E-state index is 4.62. The molecule has 2 rings (SSSR count). The Kier molecular flexibility index (Phi) is 3.84. The van der Waals surface area contributed by atoms with Crippen LogP contribution < -0.4 is 5.32 Å². The maximum absolute atomic E-state index is 4.62. The second-order valence-corrected chi connectivity index (χ2v) is 4.86. The van der Waals surface area contributed by atoms with Gasteiger partial charge in [0, 0.05) is 50.0 Å². The van der Waals surface area contributed by atoms with Crippen LogP contribution in [0, 0.1) is 13.8 Å². The Labute approximate surface area is 104 Å². The summed E-state index contributed by atoms with van der Waals surface area (Å²) >= 11 is 0. The SMILES string of the molecule is CCn1nc(C)c(C(C)N2CCNCC2)c1C. The Balaban J connectivity index is 2.23. The molecule has 1 aromatic heterocycles. The average molecular weight is 236 g/mol. The molecule has 0 aliphatic carbocycles. The van der Waals surface area contributed by atoms with Crippen LogP contribution >= 0.6 is 0 Å². The molecular weight excluding hydrogens is 212 g/mol. The van der Waals surface area contributed by atoms with Gasteiger partial charge in [-0.1, -0.05) is 0 Å². The first-order chi connectivity index (χ1) is 8.15. The molecule has 17 heavy (non-hydrogen) atoms. The molecule has 4 heteroatoms. The molecule has 0 spiro atoms. The highest BCUT2D eigenvalue weighted by Crippen LogP contribution is 2.26. The molecular formula is C13H24N4. The lowest BCUT2D eigenvalue weighted by molar-refractivity contribution is 0.184. The average Bonchev–Trinajstić information content (AvgIpc) is 2.64. The van der Waals surface area contributed by atoms with Gasteiger partial charge in [-0.05, 0) is 27.7 Å². The molecule has 1 N–H and O–H groups in total. The van der Waals surface area contributed by atoms with Crippen LogP contribution in [0.4, 0.5) is 0 Å². The van der Waals surface area contributed by atoms with Crippen molar-refractivity contribution in [3.8, 4) is 0 Å². The van der Waals surface area contributed by atoms with Crippen LogP contribution in [0.3, 0.4) is 0 Å². The minimum absolute atomic E-state index is 0.484. The van der Waals surface area contributed by atoms with Crippen LogP contribution in [0.1, 0.15) is 36.8 Å². The topological polar surface area (TPSA) is 33.1 Å². The molecule has 1 fully saturated rings. The standard InChI is InChI=1S/C13H24N4/c1-5-17-12(4)13(10(2)15-17)11(3)16-8-6-14-7-9-16/h11,14H,5-9H2,1-4H3. The first-order valence-electron chi connectivity index (χ1n) is 6.63. The van der Waals surface area contributed by atoms with Crippen LogP contribution in [0.5, 0.6) is 0 Å². The molecule has 1 aliphatic heterocycles. The van der Waals surface area contributed by atoms with Gasteiger partial charge in [-0.3, -0.25) is 9.58 Å². The molecule has 1 atom stereocenters. The van der Waals surface area contributed by atoms with Crippen molar-refractivity contribution in [1.29, 1.82) is 0 Å². The lowest BCUT2D eigenvalue weighted by Gasteiger charge is -2.33. The van der Waals surface area contributed by atoms with Gasteiger partial charge in [0.2, 0.25) is 0 Å². The molecule has 96 valence electrons. The van der Waals surface area contributed by atoms with Crippen molar-refractivity contribution in [2.75, 3.05) is 26.2 Å². The summed E-state index contributed by atoms with van der Waals surface area (Å²) < 4.78 is 2.11. The molecule has 1 unspecified atom stereocenters. The van der Waals surface area contributed by atoms with Crippen molar-refractivity contribution >= 4 is 0 Å². The van der Waals surface area contributed by atoms with Crippen LogP contribution in [-0.4, -0.2) is 40.9 Å². The van der Waals surface area contributed by atoms with Gasteiger partial charge in [0.15, 0.2) is 0 Å². The molecule has 1 aromatic rings. The Morgan fingerprint density at radius 3 is 2.47 bits per heavy atom. The largest absolute Gasteiger partial charge is 0.314 e. The molecule has 1 saturated heterocycles. The van der Waals surface area contributed by atoms with Crippen molar-refractivity contribution in [2.45, 2.75) is 40.3 Å². The minimum atomic E-state index is 0.484. The number of nitrogens with zero attached hydrogens (tertiary/aromatic N) is 3. The van der Waals surface area contributed by atoms with Crippen molar-refractivity contribution in [3.63, 3.8) is 0 Å². The Morgan fingerprint density at radius 2 is 1.94 bits per heavy atom. The summed E-state index contributed by atoms with van der Waals surface area (Å²) in [6.45, 7) is 14.2. The fourth-order valence-electron chi connectivity index (χ4n) is 2.88. The molecule has 2 heterocycles. The third-order valence-electron chi connectivity index (χ3n) is 3.85. The van der Waals surface area contributed by atoms with Gasteiger partial charge in [-0.15, -0.1) is 0 Å². The summed E-state index contributed by atoms with van der Waals surface area (Å²) in [5.41, 5.74) is 3.94. The fourth-order valence-corrected chi connectivity index (χ4v) is 2.88. The Hall–Kier alpha value is -0.870. The number of aromatic nitrogens is 2. The summed E-state index contributed by atoms with van der Waals surface area (Å²) in [6.07, 6.45) is 0.